The van der Waals surface area contributed by atoms with Crippen molar-refractivity contribution in [3.63, 3.8) is 0 Å². The van der Waals surface area contributed by atoms with Gasteiger partial charge in [0.25, 0.3) is 0 Å². The third-order valence-corrected chi connectivity index (χ3v) is 2.89. The molecule has 0 fully saturated rings. The number of anilines is 1. The minimum Gasteiger partial charge on any atom is -0.331 e. The molecule has 0 amide bonds. The van der Waals surface area contributed by atoms with Crippen molar-refractivity contribution in [2.45, 2.75) is 4.90 Å². The molecule has 0 atom stereocenters. The number of hydrogen-bond donors (Lipinski definition) is 2. The van der Waals surface area contributed by atoms with E-state index in [0.717, 1.165) is 10.6 Å². The molecular weight excluding hydrogens is 212 g/mol. The van der Waals surface area contributed by atoms with Gasteiger partial charge in [-0.3, -0.25) is 0 Å². The van der Waals surface area contributed by atoms with E-state index in [0.29, 0.717) is 10.1 Å². The predicted molar refractivity (Wildman–Crippen MR) is 56.7 cm³/mol. The highest BCUT2D eigenvalue weighted by atomic mass is 35.5. The highest BCUT2D eigenvalue weighted by Crippen LogP contribution is 2.30. The number of rotatable bonds is 0. The Kier molecular flexibility index (Phi) is 2.12. The Morgan fingerprint density at radius 3 is 3.08 bits per heavy atom. The van der Waals surface area contributed by atoms with Gasteiger partial charge in [-0.25, -0.2) is 0 Å². The summed E-state index contributed by atoms with van der Waals surface area (Å²) in [6.45, 7) is 0. The zero-order valence-corrected chi connectivity index (χ0v) is 8.32. The van der Waals surface area contributed by atoms with Crippen LogP contribution in [0.1, 0.15) is 0 Å². The molecule has 2 N–H and O–H groups in total. The van der Waals surface area contributed by atoms with E-state index in [-0.39, 0.29) is 0 Å². The second-order valence-electron chi connectivity index (χ2n) is 2.30. The first kappa shape index (κ1) is 8.16. The third kappa shape index (κ3) is 1.50. The van der Waals surface area contributed by atoms with Crippen molar-refractivity contribution in [3.8, 4) is 0 Å². The molecule has 2 rings (SSSR count). The van der Waals surface area contributed by atoms with Crippen LogP contribution < -0.4 is 10.0 Å². The maximum Gasteiger partial charge on any atom is 0.181 e. The summed E-state index contributed by atoms with van der Waals surface area (Å²) >= 11 is 12.2. The maximum atomic E-state index is 5.81. The smallest absolute Gasteiger partial charge is 0.181 e. The lowest BCUT2D eigenvalue weighted by Crippen LogP contribution is -2.26. The molecule has 1 aromatic carbocycles. The lowest BCUT2D eigenvalue weighted by atomic mass is 10.3. The minimum atomic E-state index is 0.620. The molecule has 0 saturated heterocycles. The van der Waals surface area contributed by atoms with Gasteiger partial charge in [0.1, 0.15) is 0 Å². The number of fused-ring (bicyclic) bond motifs is 1. The van der Waals surface area contributed by atoms with Crippen LogP contribution >= 0.6 is 35.8 Å². The molecule has 1 heterocycles. The van der Waals surface area contributed by atoms with Crippen molar-refractivity contribution >= 4 is 46.6 Å². The molecule has 0 saturated carbocycles. The van der Waals surface area contributed by atoms with Crippen molar-refractivity contribution in [2.75, 3.05) is 5.32 Å². The van der Waals surface area contributed by atoms with Crippen LogP contribution in [0.3, 0.4) is 0 Å². The van der Waals surface area contributed by atoms with Gasteiger partial charge in [0.15, 0.2) is 5.11 Å². The van der Waals surface area contributed by atoms with Gasteiger partial charge >= 0.3 is 0 Å². The molecule has 0 unspecified atom stereocenters. The van der Waals surface area contributed by atoms with Gasteiger partial charge in [-0.15, -0.1) is 0 Å². The number of hydrogen-bond acceptors (Lipinski definition) is 2. The summed E-state index contributed by atoms with van der Waals surface area (Å²) in [6.07, 6.45) is 0. The Morgan fingerprint density at radius 2 is 2.25 bits per heavy atom. The third-order valence-electron chi connectivity index (χ3n) is 1.44. The van der Waals surface area contributed by atoms with E-state index in [9.17, 15) is 0 Å². The monoisotopic (exact) mass is 216 g/mol. The van der Waals surface area contributed by atoms with E-state index in [2.05, 4.69) is 10.0 Å². The first-order valence-corrected chi connectivity index (χ1v) is 4.89. The summed E-state index contributed by atoms with van der Waals surface area (Å²) in [5, 5.41) is 4.35. The Labute approximate surface area is 84.8 Å². The number of thiocarbonyl (C=S) groups is 1. The van der Waals surface area contributed by atoms with Crippen LogP contribution in [-0.4, -0.2) is 5.11 Å². The maximum absolute atomic E-state index is 5.81. The Hall–Kier alpha value is -0.450. The van der Waals surface area contributed by atoms with E-state index in [1.165, 1.54) is 11.9 Å². The molecule has 0 spiro atoms. The van der Waals surface area contributed by atoms with Gasteiger partial charge in [-0.1, -0.05) is 11.6 Å². The van der Waals surface area contributed by atoms with Gasteiger partial charge in [0.05, 0.1) is 10.6 Å². The molecule has 12 heavy (non-hydrogen) atoms. The van der Waals surface area contributed by atoms with Crippen LogP contribution in [0.5, 0.6) is 0 Å². The zero-order chi connectivity index (χ0) is 8.55. The van der Waals surface area contributed by atoms with E-state index < -0.39 is 0 Å². The Balaban J connectivity index is 2.44. The molecule has 1 aliphatic rings. The van der Waals surface area contributed by atoms with Crippen LogP contribution in [0.15, 0.2) is 23.1 Å². The lowest BCUT2D eigenvalue weighted by molar-refractivity contribution is 1.36. The minimum absolute atomic E-state index is 0.620. The van der Waals surface area contributed by atoms with Crippen LogP contribution in [0.4, 0.5) is 5.69 Å². The molecule has 1 aliphatic heterocycles. The fraction of sp³-hybridized carbons (Fsp3) is 0. The second-order valence-corrected chi connectivity index (χ2v) is 3.99. The topological polar surface area (TPSA) is 24.1 Å². The SMILES string of the molecule is S=C1NSc2ccc(Cl)cc2N1. The van der Waals surface area contributed by atoms with Crippen LogP contribution in [0, 0.1) is 0 Å². The van der Waals surface area contributed by atoms with Gasteiger partial charge < -0.3 is 10.0 Å². The van der Waals surface area contributed by atoms with Gasteiger partial charge in [-0.2, -0.15) is 0 Å². The number of benzene rings is 1. The summed E-state index contributed by atoms with van der Waals surface area (Å²) < 4.78 is 2.95. The van der Waals surface area contributed by atoms with E-state index in [1.807, 2.05) is 18.2 Å². The summed E-state index contributed by atoms with van der Waals surface area (Å²) in [4.78, 5) is 1.10. The average Bonchev–Trinajstić information content (AvgIpc) is 2.03. The van der Waals surface area contributed by atoms with Crippen LogP contribution in [0.2, 0.25) is 5.02 Å². The zero-order valence-electron chi connectivity index (χ0n) is 5.93. The summed E-state index contributed by atoms with van der Waals surface area (Å²) in [5.74, 6) is 0. The van der Waals surface area contributed by atoms with Gasteiger partial charge in [-0.05, 0) is 42.4 Å². The van der Waals surface area contributed by atoms with E-state index in [4.69, 9.17) is 23.8 Å². The molecule has 0 aromatic heterocycles. The second kappa shape index (κ2) is 3.12. The molecule has 1 aromatic rings. The molecule has 62 valence electrons. The average molecular weight is 217 g/mol. The number of nitrogens with one attached hydrogen (secondary N) is 2. The summed E-state index contributed by atoms with van der Waals surface area (Å²) in [7, 11) is 0. The Morgan fingerprint density at radius 1 is 1.42 bits per heavy atom. The molecule has 0 bridgehead atoms. The van der Waals surface area contributed by atoms with Crippen molar-refractivity contribution in [1.29, 1.82) is 0 Å². The van der Waals surface area contributed by atoms with Crippen molar-refractivity contribution < 1.29 is 0 Å². The normalized spacial score (nSPS) is 14.6. The molecular formula is C7H5ClN2S2. The highest BCUT2D eigenvalue weighted by Gasteiger charge is 2.11. The molecule has 0 aliphatic carbocycles. The quantitative estimate of drug-likeness (QED) is 0.515. The highest BCUT2D eigenvalue weighted by molar-refractivity contribution is 7.99. The molecule has 2 nitrogen and oxygen atoms in total. The van der Waals surface area contributed by atoms with Crippen LogP contribution in [0.25, 0.3) is 0 Å². The fourth-order valence-electron chi connectivity index (χ4n) is 0.938. The Bertz CT molecular complexity index is 340. The van der Waals surface area contributed by atoms with Gasteiger partial charge in [0, 0.05) is 5.02 Å². The standard InChI is InChI=1S/C7H5ClN2S2/c8-4-1-2-6-5(3-4)9-7(11)10-12-6/h1-3H,(H2,9,10,11). The van der Waals surface area contributed by atoms with E-state index >= 15 is 0 Å². The predicted octanol–water partition coefficient (Wildman–Crippen LogP) is 2.65. The largest absolute Gasteiger partial charge is 0.331 e. The first-order valence-electron chi connectivity index (χ1n) is 3.29. The molecule has 5 heteroatoms. The van der Waals surface area contributed by atoms with Crippen molar-refractivity contribution in [2.24, 2.45) is 0 Å². The van der Waals surface area contributed by atoms with Crippen molar-refractivity contribution in [3.05, 3.63) is 23.2 Å². The van der Waals surface area contributed by atoms with Crippen LogP contribution in [-0.2, 0) is 0 Å². The molecule has 0 radical (unpaired) electrons. The lowest BCUT2D eigenvalue weighted by Gasteiger charge is -2.18. The fourth-order valence-corrected chi connectivity index (χ4v) is 1.95. The van der Waals surface area contributed by atoms with Gasteiger partial charge in [0.2, 0.25) is 0 Å². The van der Waals surface area contributed by atoms with Crippen molar-refractivity contribution in [1.82, 2.24) is 4.72 Å². The number of halogens is 1. The summed E-state index contributed by atoms with van der Waals surface area (Å²) in [6, 6.07) is 5.66. The summed E-state index contributed by atoms with van der Waals surface area (Å²) in [5.41, 5.74) is 0.969. The van der Waals surface area contributed by atoms with E-state index in [1.54, 1.807) is 0 Å². The first-order chi connectivity index (χ1) is 5.75.